The van der Waals surface area contributed by atoms with Crippen molar-refractivity contribution in [2.45, 2.75) is 32.9 Å². The van der Waals surface area contributed by atoms with Gasteiger partial charge in [0.25, 0.3) is 0 Å². The molecule has 0 fully saturated rings. The highest BCUT2D eigenvalue weighted by Crippen LogP contribution is 2.25. The highest BCUT2D eigenvalue weighted by atomic mass is 16.5. The van der Waals surface area contributed by atoms with Crippen molar-refractivity contribution in [1.29, 1.82) is 0 Å². The van der Waals surface area contributed by atoms with Crippen LogP contribution in [0.3, 0.4) is 0 Å². The first-order valence-electron chi connectivity index (χ1n) is 9.07. The van der Waals surface area contributed by atoms with Gasteiger partial charge in [0.15, 0.2) is 0 Å². The van der Waals surface area contributed by atoms with Crippen molar-refractivity contribution in [2.24, 2.45) is 0 Å². The van der Waals surface area contributed by atoms with Crippen molar-refractivity contribution >= 4 is 11.7 Å². The number of anilines is 1. The average Bonchev–Trinajstić information content (AvgIpc) is 3.04. The molecule has 0 saturated carbocycles. The van der Waals surface area contributed by atoms with Gasteiger partial charge in [-0.3, -0.25) is 4.79 Å². The molecule has 5 heteroatoms. The summed E-state index contributed by atoms with van der Waals surface area (Å²) >= 11 is 0. The van der Waals surface area contributed by atoms with Gasteiger partial charge in [-0.25, -0.2) is 4.68 Å². The molecule has 0 radical (unpaired) electrons. The number of aromatic nitrogens is 2. The van der Waals surface area contributed by atoms with Gasteiger partial charge in [0.1, 0.15) is 5.82 Å². The number of ether oxygens (including phenoxy) is 1. The normalized spacial score (nSPS) is 12.0. The minimum absolute atomic E-state index is 0.0881. The van der Waals surface area contributed by atoms with Crippen LogP contribution in [0.2, 0.25) is 0 Å². The van der Waals surface area contributed by atoms with Gasteiger partial charge in [-0.05, 0) is 25.0 Å². The number of carbonyl (C=O) groups is 1. The fourth-order valence-corrected chi connectivity index (χ4v) is 2.92. The molecule has 0 aliphatic carbocycles. The summed E-state index contributed by atoms with van der Waals surface area (Å²) in [5, 5.41) is 7.75. The molecule has 2 aromatic carbocycles. The second kappa shape index (κ2) is 8.64. The summed E-state index contributed by atoms with van der Waals surface area (Å²) in [6.07, 6.45) is 0.165. The van der Waals surface area contributed by atoms with Crippen LogP contribution >= 0.6 is 0 Å². The summed E-state index contributed by atoms with van der Waals surface area (Å²) in [6, 6.07) is 20.1. The lowest BCUT2D eigenvalue weighted by atomic mass is 10.1. The van der Waals surface area contributed by atoms with Gasteiger partial charge >= 0.3 is 0 Å². The zero-order valence-corrected chi connectivity index (χ0v) is 16.0. The summed E-state index contributed by atoms with van der Waals surface area (Å²) in [7, 11) is 1.61. The molecule has 0 bridgehead atoms. The zero-order chi connectivity index (χ0) is 19.2. The maximum atomic E-state index is 12.4. The van der Waals surface area contributed by atoms with Gasteiger partial charge < -0.3 is 10.1 Å². The Bertz CT molecular complexity index is 903. The number of amides is 1. The Hall–Kier alpha value is -2.92. The molecule has 1 heterocycles. The second-order valence-corrected chi connectivity index (χ2v) is 6.67. The molecule has 1 N–H and O–H groups in total. The molecule has 1 atom stereocenters. The number of hydrogen-bond acceptors (Lipinski definition) is 3. The zero-order valence-electron chi connectivity index (χ0n) is 16.0. The number of aryl methyl sites for hydroxylation is 1. The van der Waals surface area contributed by atoms with E-state index < -0.39 is 0 Å². The number of carbonyl (C=O) groups excluding carboxylic acids is 1. The average molecular weight is 363 g/mol. The second-order valence-electron chi connectivity index (χ2n) is 6.67. The summed E-state index contributed by atoms with van der Waals surface area (Å²) in [5.74, 6) is 0.598. The smallest absolute Gasteiger partial charge is 0.228 e. The number of benzene rings is 2. The van der Waals surface area contributed by atoms with Crippen LogP contribution in [0.1, 0.15) is 24.5 Å². The van der Waals surface area contributed by atoms with Crippen LogP contribution in [0.4, 0.5) is 5.82 Å². The molecule has 3 aromatic rings. The van der Waals surface area contributed by atoms with Crippen molar-refractivity contribution in [1.82, 2.24) is 9.78 Å². The highest BCUT2D eigenvalue weighted by molar-refractivity contribution is 5.90. The Labute approximate surface area is 160 Å². The van der Waals surface area contributed by atoms with E-state index in [1.54, 1.807) is 7.11 Å². The third-order valence-electron chi connectivity index (χ3n) is 4.52. The van der Waals surface area contributed by atoms with E-state index >= 15 is 0 Å². The van der Waals surface area contributed by atoms with Crippen molar-refractivity contribution < 1.29 is 9.53 Å². The Morgan fingerprint density at radius 1 is 1.15 bits per heavy atom. The van der Waals surface area contributed by atoms with Gasteiger partial charge in [0.2, 0.25) is 5.91 Å². The summed E-state index contributed by atoms with van der Waals surface area (Å²) < 4.78 is 7.03. The van der Waals surface area contributed by atoms with Crippen LogP contribution < -0.4 is 5.32 Å². The van der Waals surface area contributed by atoms with Crippen LogP contribution in [-0.2, 0) is 16.1 Å². The molecule has 3 rings (SSSR count). The van der Waals surface area contributed by atoms with E-state index in [1.807, 2.05) is 66.2 Å². The Kier molecular flexibility index (Phi) is 6.04. The van der Waals surface area contributed by atoms with Gasteiger partial charge in [-0.15, -0.1) is 0 Å². The number of nitrogens with one attached hydrogen (secondary N) is 1. The number of nitrogens with zero attached hydrogens (tertiary/aromatic N) is 2. The van der Waals surface area contributed by atoms with Crippen LogP contribution in [0, 0.1) is 6.92 Å². The minimum Gasteiger partial charge on any atom is -0.381 e. The monoisotopic (exact) mass is 363 g/mol. The first-order valence-corrected chi connectivity index (χ1v) is 9.07. The van der Waals surface area contributed by atoms with E-state index in [0.29, 0.717) is 18.8 Å². The van der Waals surface area contributed by atoms with Crippen molar-refractivity contribution in [2.75, 3.05) is 12.4 Å². The lowest BCUT2D eigenvalue weighted by molar-refractivity contribution is -0.118. The van der Waals surface area contributed by atoms with E-state index in [-0.39, 0.29) is 12.0 Å². The highest BCUT2D eigenvalue weighted by Gasteiger charge is 2.15. The van der Waals surface area contributed by atoms with Gasteiger partial charge in [0.05, 0.1) is 24.8 Å². The molecule has 0 aliphatic heterocycles. The van der Waals surface area contributed by atoms with E-state index in [9.17, 15) is 4.79 Å². The molecule has 5 nitrogen and oxygen atoms in total. The number of hydrogen-bond donors (Lipinski definition) is 1. The summed E-state index contributed by atoms with van der Waals surface area (Å²) in [6.45, 7) is 4.52. The molecule has 1 aromatic heterocycles. The van der Waals surface area contributed by atoms with Crippen LogP contribution in [0.15, 0.2) is 60.7 Å². The molecular weight excluding hydrogens is 338 g/mol. The standard InChI is InChI=1S/C22H25N3O2/c1-16-9-7-8-12-19(16)20-14-21(23-22(26)13-17(2)27-3)25(24-20)15-18-10-5-4-6-11-18/h4-12,14,17H,13,15H2,1-3H3,(H,23,26). The number of rotatable bonds is 7. The van der Waals surface area contributed by atoms with Gasteiger partial charge in [-0.2, -0.15) is 5.10 Å². The molecule has 0 spiro atoms. The van der Waals surface area contributed by atoms with E-state index in [2.05, 4.69) is 18.3 Å². The Morgan fingerprint density at radius 3 is 2.56 bits per heavy atom. The Balaban J connectivity index is 1.91. The molecule has 27 heavy (non-hydrogen) atoms. The summed E-state index contributed by atoms with van der Waals surface area (Å²) in [5.41, 5.74) is 4.18. The topological polar surface area (TPSA) is 56.1 Å². The maximum Gasteiger partial charge on any atom is 0.228 e. The predicted octanol–water partition coefficient (Wildman–Crippen LogP) is 4.27. The lowest BCUT2D eigenvalue weighted by Crippen LogP contribution is -2.21. The van der Waals surface area contributed by atoms with Gasteiger partial charge in [0, 0.05) is 18.7 Å². The molecule has 1 amide bonds. The fourth-order valence-electron chi connectivity index (χ4n) is 2.92. The fraction of sp³-hybridized carbons (Fsp3) is 0.273. The quantitative estimate of drug-likeness (QED) is 0.682. The molecule has 1 unspecified atom stereocenters. The molecule has 0 saturated heterocycles. The SMILES string of the molecule is COC(C)CC(=O)Nc1cc(-c2ccccc2C)nn1Cc1ccccc1. The first-order chi connectivity index (χ1) is 13.1. The Morgan fingerprint density at radius 2 is 1.85 bits per heavy atom. The molecule has 140 valence electrons. The van der Waals surface area contributed by atoms with Crippen LogP contribution in [-0.4, -0.2) is 28.9 Å². The van der Waals surface area contributed by atoms with Gasteiger partial charge in [-0.1, -0.05) is 54.6 Å². The third kappa shape index (κ3) is 4.83. The van der Waals surface area contributed by atoms with Crippen molar-refractivity contribution in [3.05, 3.63) is 71.8 Å². The van der Waals surface area contributed by atoms with Crippen LogP contribution in [0.25, 0.3) is 11.3 Å². The maximum absolute atomic E-state index is 12.4. The van der Waals surface area contributed by atoms with E-state index in [1.165, 1.54) is 0 Å². The molecule has 0 aliphatic rings. The largest absolute Gasteiger partial charge is 0.381 e. The van der Waals surface area contributed by atoms with Crippen molar-refractivity contribution in [3.63, 3.8) is 0 Å². The third-order valence-corrected chi connectivity index (χ3v) is 4.52. The predicted molar refractivity (Wildman–Crippen MR) is 108 cm³/mol. The van der Waals surface area contributed by atoms with Crippen LogP contribution in [0.5, 0.6) is 0 Å². The number of methoxy groups -OCH3 is 1. The van der Waals surface area contributed by atoms with E-state index in [4.69, 9.17) is 9.84 Å². The first kappa shape index (κ1) is 18.9. The summed E-state index contributed by atoms with van der Waals surface area (Å²) in [4.78, 5) is 12.4. The lowest BCUT2D eigenvalue weighted by Gasteiger charge is -2.11. The molecular formula is C22H25N3O2. The van der Waals surface area contributed by atoms with E-state index in [0.717, 1.165) is 22.4 Å². The minimum atomic E-state index is -0.133. The van der Waals surface area contributed by atoms with Crippen molar-refractivity contribution in [3.8, 4) is 11.3 Å².